The molecule has 0 fully saturated rings. The lowest BCUT2D eigenvalue weighted by atomic mass is 10.4. The van der Waals surface area contributed by atoms with Crippen molar-refractivity contribution >= 4 is 21.7 Å². The van der Waals surface area contributed by atoms with E-state index in [9.17, 15) is 4.79 Å². The Morgan fingerprint density at radius 3 is 2.69 bits per heavy atom. The molecule has 0 atom stereocenters. The van der Waals surface area contributed by atoms with E-state index in [1.807, 2.05) is 12.1 Å². The van der Waals surface area contributed by atoms with Gasteiger partial charge in [0.15, 0.2) is 0 Å². The Bertz CT molecular complexity index is 687. The fourth-order valence-corrected chi connectivity index (χ4v) is 2.41. The van der Waals surface area contributed by atoms with Gasteiger partial charge >= 0.3 is 0 Å². The van der Waals surface area contributed by atoms with Crippen LogP contribution < -0.4 is 5.56 Å². The number of pyridine rings is 2. The summed E-state index contributed by atoms with van der Waals surface area (Å²) in [5.74, 6) is 0.635. The number of fused-ring (bicyclic) bond motifs is 1. The maximum absolute atomic E-state index is 12.0. The van der Waals surface area contributed by atoms with Crippen LogP contribution in [0.2, 0.25) is 0 Å². The van der Waals surface area contributed by atoms with E-state index in [1.165, 1.54) is 11.5 Å². The van der Waals surface area contributed by atoms with Crippen LogP contribution in [0, 0.1) is 0 Å². The first kappa shape index (κ1) is 9.23. The second-order valence-electron chi connectivity index (χ2n) is 3.23. The highest BCUT2D eigenvalue weighted by atomic mass is 32.1. The average Bonchev–Trinajstić information content (AvgIpc) is 2.69. The summed E-state index contributed by atoms with van der Waals surface area (Å²) in [5, 5.41) is 0.637. The van der Waals surface area contributed by atoms with E-state index in [0.717, 1.165) is 4.83 Å². The lowest BCUT2D eigenvalue weighted by Gasteiger charge is -1.95. The smallest absolute Gasteiger partial charge is 0.267 e. The van der Waals surface area contributed by atoms with Gasteiger partial charge in [-0.3, -0.25) is 4.79 Å². The molecule has 5 heteroatoms. The van der Waals surface area contributed by atoms with Gasteiger partial charge in [0, 0.05) is 12.4 Å². The van der Waals surface area contributed by atoms with Crippen LogP contribution in [0.15, 0.2) is 47.5 Å². The van der Waals surface area contributed by atoms with Crippen LogP contribution in [0.5, 0.6) is 0 Å². The minimum absolute atomic E-state index is 0.0631. The van der Waals surface area contributed by atoms with Gasteiger partial charge < -0.3 is 0 Å². The first-order valence-electron chi connectivity index (χ1n) is 4.75. The van der Waals surface area contributed by atoms with E-state index < -0.39 is 0 Å². The molecule has 0 aliphatic heterocycles. The molecule has 0 saturated heterocycles. The molecule has 0 radical (unpaired) electrons. The summed E-state index contributed by atoms with van der Waals surface area (Å²) in [5.41, 5.74) is -0.0631. The molecular formula is C11H7N3OS. The van der Waals surface area contributed by atoms with Gasteiger partial charge in [0.2, 0.25) is 0 Å². The highest BCUT2D eigenvalue weighted by Crippen LogP contribution is 2.15. The molecule has 0 amide bonds. The minimum Gasteiger partial charge on any atom is -0.267 e. The van der Waals surface area contributed by atoms with Crippen molar-refractivity contribution in [2.45, 2.75) is 0 Å². The molecule has 16 heavy (non-hydrogen) atoms. The first-order chi connectivity index (χ1) is 7.86. The zero-order valence-corrected chi connectivity index (χ0v) is 9.02. The highest BCUT2D eigenvalue weighted by molar-refractivity contribution is 7.13. The van der Waals surface area contributed by atoms with Gasteiger partial charge in [-0.2, -0.15) is 0 Å². The molecule has 78 valence electrons. The lowest BCUT2D eigenvalue weighted by Crippen LogP contribution is -2.11. The van der Waals surface area contributed by atoms with E-state index in [2.05, 4.69) is 9.97 Å². The summed E-state index contributed by atoms with van der Waals surface area (Å²) in [6, 6.07) is 9.02. The third kappa shape index (κ3) is 1.33. The largest absolute Gasteiger partial charge is 0.276 e. The average molecular weight is 229 g/mol. The Labute approximate surface area is 95.0 Å². The molecule has 0 unspecified atom stereocenters. The first-order valence-corrected chi connectivity index (χ1v) is 5.52. The normalized spacial score (nSPS) is 10.8. The van der Waals surface area contributed by atoms with Crippen molar-refractivity contribution in [1.82, 2.24) is 13.9 Å². The Morgan fingerprint density at radius 2 is 1.94 bits per heavy atom. The van der Waals surface area contributed by atoms with Crippen molar-refractivity contribution < 1.29 is 0 Å². The van der Waals surface area contributed by atoms with Crippen LogP contribution in [0.3, 0.4) is 0 Å². The van der Waals surface area contributed by atoms with E-state index in [0.29, 0.717) is 11.2 Å². The van der Waals surface area contributed by atoms with Gasteiger partial charge in [0.25, 0.3) is 5.56 Å². The SMILES string of the molecule is O=c1c2cccnc2sn1-c1ccccn1. The summed E-state index contributed by atoms with van der Waals surface area (Å²) in [7, 11) is 0. The molecular weight excluding hydrogens is 222 g/mol. The fourth-order valence-electron chi connectivity index (χ4n) is 1.49. The van der Waals surface area contributed by atoms with Crippen LogP contribution >= 0.6 is 11.5 Å². The molecule has 3 aromatic rings. The number of hydrogen-bond acceptors (Lipinski definition) is 4. The summed E-state index contributed by atoms with van der Waals surface area (Å²) < 4.78 is 1.55. The molecule has 0 spiro atoms. The maximum Gasteiger partial charge on any atom is 0.276 e. The molecule has 0 aliphatic rings. The topological polar surface area (TPSA) is 47.8 Å². The highest BCUT2D eigenvalue weighted by Gasteiger charge is 2.09. The third-order valence-corrected chi connectivity index (χ3v) is 3.25. The second-order valence-corrected chi connectivity index (χ2v) is 4.17. The predicted molar refractivity (Wildman–Crippen MR) is 63.0 cm³/mol. The number of nitrogens with zero attached hydrogens (tertiary/aromatic N) is 3. The predicted octanol–water partition coefficient (Wildman–Crippen LogP) is 1.84. The fraction of sp³-hybridized carbons (Fsp3) is 0. The molecule has 0 N–H and O–H groups in total. The molecule has 3 heterocycles. The zero-order valence-electron chi connectivity index (χ0n) is 8.20. The molecule has 3 aromatic heterocycles. The van der Waals surface area contributed by atoms with Crippen molar-refractivity contribution in [1.29, 1.82) is 0 Å². The van der Waals surface area contributed by atoms with Gasteiger partial charge in [0.1, 0.15) is 10.6 Å². The quantitative estimate of drug-likeness (QED) is 0.639. The number of rotatable bonds is 1. The Kier molecular flexibility index (Phi) is 2.04. The van der Waals surface area contributed by atoms with Crippen molar-refractivity contribution in [2.24, 2.45) is 0 Å². The van der Waals surface area contributed by atoms with Gasteiger partial charge in [-0.05, 0) is 35.8 Å². The summed E-state index contributed by atoms with van der Waals surface area (Å²) in [4.78, 5) is 21.1. The van der Waals surface area contributed by atoms with Crippen LogP contribution in [-0.2, 0) is 0 Å². The van der Waals surface area contributed by atoms with Gasteiger partial charge in [0.05, 0.1) is 5.39 Å². The van der Waals surface area contributed by atoms with Crippen LogP contribution in [-0.4, -0.2) is 13.9 Å². The van der Waals surface area contributed by atoms with E-state index in [1.54, 1.807) is 34.5 Å². The molecule has 0 bridgehead atoms. The standard InChI is InChI=1S/C11H7N3OS/c15-11-8-4-3-7-13-10(8)16-14(11)9-5-1-2-6-12-9/h1-7H. The van der Waals surface area contributed by atoms with E-state index in [-0.39, 0.29) is 5.56 Å². The molecule has 3 rings (SSSR count). The maximum atomic E-state index is 12.0. The van der Waals surface area contributed by atoms with Gasteiger partial charge in [-0.15, -0.1) is 0 Å². The molecule has 0 aliphatic carbocycles. The second kappa shape index (κ2) is 3.53. The zero-order chi connectivity index (χ0) is 11.0. The number of aromatic nitrogens is 3. The number of hydrogen-bond donors (Lipinski definition) is 0. The van der Waals surface area contributed by atoms with Gasteiger partial charge in [-0.25, -0.2) is 13.9 Å². The van der Waals surface area contributed by atoms with Crippen molar-refractivity contribution in [3.8, 4) is 5.82 Å². The van der Waals surface area contributed by atoms with Crippen molar-refractivity contribution in [3.63, 3.8) is 0 Å². The van der Waals surface area contributed by atoms with Crippen LogP contribution in [0.25, 0.3) is 16.0 Å². The molecule has 4 nitrogen and oxygen atoms in total. The minimum atomic E-state index is -0.0631. The Morgan fingerprint density at radius 1 is 1.06 bits per heavy atom. The van der Waals surface area contributed by atoms with Crippen LogP contribution in [0.1, 0.15) is 0 Å². The Balaban J connectivity index is 2.34. The van der Waals surface area contributed by atoms with E-state index >= 15 is 0 Å². The molecule has 0 saturated carbocycles. The van der Waals surface area contributed by atoms with Gasteiger partial charge in [-0.1, -0.05) is 6.07 Å². The summed E-state index contributed by atoms with van der Waals surface area (Å²) in [6.45, 7) is 0. The summed E-state index contributed by atoms with van der Waals surface area (Å²) in [6.07, 6.45) is 3.35. The molecule has 0 aromatic carbocycles. The third-order valence-electron chi connectivity index (χ3n) is 2.22. The monoisotopic (exact) mass is 229 g/mol. The van der Waals surface area contributed by atoms with Crippen LogP contribution in [0.4, 0.5) is 0 Å². The van der Waals surface area contributed by atoms with E-state index in [4.69, 9.17) is 0 Å². The Hall–Kier alpha value is -2.01. The van der Waals surface area contributed by atoms with Crippen molar-refractivity contribution in [3.05, 3.63) is 53.1 Å². The lowest BCUT2D eigenvalue weighted by molar-refractivity contribution is 1.06. The van der Waals surface area contributed by atoms with Crippen molar-refractivity contribution in [2.75, 3.05) is 0 Å². The summed E-state index contributed by atoms with van der Waals surface area (Å²) >= 11 is 1.31.